The summed E-state index contributed by atoms with van der Waals surface area (Å²) >= 11 is 0. The Morgan fingerprint density at radius 1 is 0.725 bits per heavy atom. The van der Waals surface area contributed by atoms with Gasteiger partial charge < -0.3 is 64.5 Å². The molecule has 17 nitrogen and oxygen atoms in total. The van der Waals surface area contributed by atoms with Crippen molar-refractivity contribution in [1.82, 2.24) is 0 Å². The second kappa shape index (κ2) is 17.8. The van der Waals surface area contributed by atoms with E-state index < -0.39 is 66.6 Å². The summed E-state index contributed by atoms with van der Waals surface area (Å²) in [5.74, 6) is -5.36. The number of esters is 2. The van der Waals surface area contributed by atoms with Crippen LogP contribution in [0.1, 0.15) is 42.4 Å². The third kappa shape index (κ3) is 11.5. The lowest BCUT2D eigenvalue weighted by atomic mass is 9.87. The smallest absolute Gasteiger partial charge is 0.331 e. The quantitative estimate of drug-likeness (QED) is 0.0487. The van der Waals surface area contributed by atoms with Gasteiger partial charge in [-0.3, -0.25) is 9.59 Å². The van der Waals surface area contributed by atoms with E-state index in [9.17, 15) is 60.0 Å². The number of carbonyl (C=O) groups is 4. The van der Waals surface area contributed by atoms with Crippen molar-refractivity contribution < 1.29 is 83.7 Å². The molecular weight excluding hydrogens is 680 g/mol. The van der Waals surface area contributed by atoms with Crippen LogP contribution in [0, 0.1) is 6.92 Å². The Morgan fingerprint density at radius 2 is 1.22 bits per heavy atom. The van der Waals surface area contributed by atoms with Crippen LogP contribution in [0.15, 0.2) is 48.6 Å². The molecule has 6 atom stereocenters. The highest BCUT2D eigenvalue weighted by Gasteiger charge is 2.48. The Kier molecular flexibility index (Phi) is 14.1. The molecule has 0 aromatic heterocycles. The average Bonchev–Trinajstić information content (AvgIpc) is 3.05. The number of carbonyl (C=O) groups excluding carboxylic acids is 4. The highest BCUT2D eigenvalue weighted by molar-refractivity contribution is 5.88. The van der Waals surface area contributed by atoms with Gasteiger partial charge in [0.15, 0.2) is 17.6 Å². The van der Waals surface area contributed by atoms with Gasteiger partial charge in [-0.1, -0.05) is 12.1 Å². The van der Waals surface area contributed by atoms with Crippen LogP contribution >= 0.6 is 0 Å². The maximum Gasteiger partial charge on any atom is 0.331 e. The van der Waals surface area contributed by atoms with Crippen molar-refractivity contribution in [2.45, 2.75) is 80.8 Å². The lowest BCUT2D eigenvalue weighted by Crippen LogP contribution is -2.55. The zero-order chi connectivity index (χ0) is 37.9. The molecule has 0 saturated heterocycles. The fourth-order valence-corrected chi connectivity index (χ4v) is 5.35. The van der Waals surface area contributed by atoms with Gasteiger partial charge in [-0.25, -0.2) is 9.59 Å². The van der Waals surface area contributed by atoms with E-state index in [4.69, 9.17) is 14.2 Å². The van der Waals surface area contributed by atoms with Crippen molar-refractivity contribution >= 4 is 37.0 Å². The number of hydrogen-bond acceptors (Lipinski definition) is 17. The summed E-state index contributed by atoms with van der Waals surface area (Å²) in [6, 6.07) is 9.19. The zero-order valence-electron chi connectivity index (χ0n) is 27.5. The van der Waals surface area contributed by atoms with Gasteiger partial charge in [0.1, 0.15) is 18.0 Å². The molecule has 4 unspecified atom stereocenters. The minimum atomic E-state index is -2.03. The highest BCUT2D eigenvalue weighted by Crippen LogP contribution is 2.33. The van der Waals surface area contributed by atoms with Crippen molar-refractivity contribution in [2.75, 3.05) is 7.11 Å². The number of aliphatic hydroxyl groups is 6. The molecule has 0 spiro atoms. The van der Waals surface area contributed by atoms with Crippen molar-refractivity contribution in [3.8, 4) is 17.2 Å². The molecule has 0 radical (unpaired) electrons. The Balaban J connectivity index is 0.000000276. The first-order chi connectivity index (χ1) is 24.0. The van der Waals surface area contributed by atoms with Gasteiger partial charge in [0, 0.05) is 31.4 Å². The predicted octanol–water partition coefficient (Wildman–Crippen LogP) is -0.294. The minimum Gasteiger partial charge on any atom is -0.508 e. The standard InChI is InChI=1S/C17H20O9.C17H20O8/c1-24-13-6-10(2-4-11(13)19)3-5-15(21)26-14-8-17(23,25-9-18)7-12(20)16(14)22;1-10-6-11(2-4-12(10)19)3-5-15(22)25-16-13(20)7-17(23,24-9-18)8-14(16)21/h2-6,9,12,14,16,19-20,22-23H,7-8H2,1H3;2-6,9,13-14,16,19-21,23H,7-8H2,1H3/b2*5-3+/t12?,14?,16-,17-;/m0./s1. The molecule has 0 aliphatic heterocycles. The molecule has 2 saturated carbocycles. The molecule has 2 aliphatic rings. The first-order valence-electron chi connectivity index (χ1n) is 15.4. The van der Waals surface area contributed by atoms with E-state index >= 15 is 0 Å². The summed E-state index contributed by atoms with van der Waals surface area (Å²) in [7, 11) is 1.38. The van der Waals surface area contributed by atoms with Crippen LogP contribution in [0.2, 0.25) is 0 Å². The molecule has 8 N–H and O–H groups in total. The van der Waals surface area contributed by atoms with E-state index in [1.165, 1.54) is 43.5 Å². The predicted molar refractivity (Wildman–Crippen MR) is 172 cm³/mol. The van der Waals surface area contributed by atoms with E-state index in [2.05, 4.69) is 9.47 Å². The van der Waals surface area contributed by atoms with Gasteiger partial charge in [-0.05, 0) is 60.0 Å². The number of hydrogen-bond donors (Lipinski definition) is 8. The topological polar surface area (TPSA) is 276 Å². The fraction of sp³-hybridized carbons (Fsp3) is 0.412. The average molecular weight is 721 g/mol. The number of phenolic OH excluding ortho intramolecular Hbond substituents is 2. The maximum absolute atomic E-state index is 12.0. The van der Waals surface area contributed by atoms with Crippen LogP contribution in [0.4, 0.5) is 0 Å². The summed E-state index contributed by atoms with van der Waals surface area (Å²) in [6.07, 6.45) is -4.70. The molecule has 2 fully saturated rings. The van der Waals surface area contributed by atoms with E-state index in [1.807, 2.05) is 0 Å². The first kappa shape index (κ1) is 40.4. The molecule has 2 aliphatic carbocycles. The molecule has 2 aromatic rings. The molecule has 4 rings (SSSR count). The third-order valence-electron chi connectivity index (χ3n) is 7.94. The summed E-state index contributed by atoms with van der Waals surface area (Å²) in [6.45, 7) is 1.75. The van der Waals surface area contributed by atoms with Crippen molar-refractivity contribution in [3.63, 3.8) is 0 Å². The lowest BCUT2D eigenvalue weighted by Gasteiger charge is -2.39. The first-order valence-corrected chi connectivity index (χ1v) is 15.4. The molecular formula is C34H40O17. The Bertz CT molecular complexity index is 1580. The summed E-state index contributed by atoms with van der Waals surface area (Å²) < 4.78 is 24.0. The molecule has 0 heterocycles. The molecule has 17 heteroatoms. The number of rotatable bonds is 11. The Labute approximate surface area is 291 Å². The van der Waals surface area contributed by atoms with Gasteiger partial charge in [-0.2, -0.15) is 0 Å². The maximum atomic E-state index is 12.0. The highest BCUT2D eigenvalue weighted by atomic mass is 16.7. The third-order valence-corrected chi connectivity index (χ3v) is 7.94. The van der Waals surface area contributed by atoms with Gasteiger partial charge in [0.2, 0.25) is 11.6 Å². The van der Waals surface area contributed by atoms with E-state index in [0.717, 1.165) is 12.2 Å². The van der Waals surface area contributed by atoms with Crippen molar-refractivity contribution in [1.29, 1.82) is 0 Å². The van der Waals surface area contributed by atoms with Gasteiger partial charge in [-0.15, -0.1) is 0 Å². The van der Waals surface area contributed by atoms with Crippen molar-refractivity contribution in [2.24, 2.45) is 0 Å². The Hall–Kier alpha value is -5.04. The molecule has 0 bridgehead atoms. The second-order valence-electron chi connectivity index (χ2n) is 11.9. The summed E-state index contributed by atoms with van der Waals surface area (Å²) in [5.41, 5.74) is 1.84. The molecule has 0 amide bonds. The fourth-order valence-electron chi connectivity index (χ4n) is 5.35. The van der Waals surface area contributed by atoms with Gasteiger partial charge in [0.25, 0.3) is 12.9 Å². The van der Waals surface area contributed by atoms with Gasteiger partial charge >= 0.3 is 11.9 Å². The van der Waals surface area contributed by atoms with Crippen LogP contribution in [-0.2, 0) is 38.1 Å². The largest absolute Gasteiger partial charge is 0.508 e. The minimum absolute atomic E-state index is 0.0153. The number of aryl methyl sites for hydroxylation is 1. The van der Waals surface area contributed by atoms with E-state index in [0.29, 0.717) is 16.7 Å². The summed E-state index contributed by atoms with van der Waals surface area (Å²) in [4.78, 5) is 44.7. The number of phenols is 2. The normalized spacial score (nSPS) is 28.9. The molecule has 51 heavy (non-hydrogen) atoms. The number of methoxy groups -OCH3 is 1. The zero-order valence-corrected chi connectivity index (χ0v) is 27.5. The Morgan fingerprint density at radius 3 is 1.75 bits per heavy atom. The van der Waals surface area contributed by atoms with Crippen LogP contribution in [0.5, 0.6) is 17.2 Å². The van der Waals surface area contributed by atoms with E-state index in [1.54, 1.807) is 19.1 Å². The van der Waals surface area contributed by atoms with Crippen LogP contribution < -0.4 is 4.74 Å². The number of aromatic hydroxyl groups is 2. The van der Waals surface area contributed by atoms with Gasteiger partial charge in [0.05, 0.1) is 31.8 Å². The lowest BCUT2D eigenvalue weighted by molar-refractivity contribution is -0.256. The molecule has 2 aromatic carbocycles. The van der Waals surface area contributed by atoms with E-state index in [-0.39, 0.29) is 49.5 Å². The number of ether oxygens (including phenoxy) is 5. The number of benzene rings is 2. The van der Waals surface area contributed by atoms with Crippen LogP contribution in [0.3, 0.4) is 0 Å². The number of aliphatic hydroxyl groups excluding tert-OH is 4. The molecule has 278 valence electrons. The summed E-state index contributed by atoms with van der Waals surface area (Å²) in [5, 5.41) is 78.6. The second-order valence-corrected chi connectivity index (χ2v) is 11.9. The SMILES string of the molecule is COc1cc(/C=C/C(=O)OC2C[C@@](O)(OC=O)CC(O)[C@@H]2O)ccc1O.Cc1cc(/C=C/C(=O)OC2C(O)CC(O)(OC=O)CC2O)ccc1O. The van der Waals surface area contributed by atoms with Crippen LogP contribution in [-0.4, -0.2) is 121 Å². The van der Waals surface area contributed by atoms with Crippen molar-refractivity contribution in [3.05, 3.63) is 65.2 Å². The van der Waals surface area contributed by atoms with Crippen LogP contribution in [0.25, 0.3) is 12.2 Å². The monoisotopic (exact) mass is 720 g/mol.